The van der Waals surface area contributed by atoms with Crippen LogP contribution in [0.2, 0.25) is 0 Å². The van der Waals surface area contributed by atoms with E-state index in [1.54, 1.807) is 13.4 Å². The molecule has 0 spiro atoms. The molecule has 2 rings (SSSR count). The van der Waals surface area contributed by atoms with Crippen LogP contribution in [0.3, 0.4) is 0 Å². The van der Waals surface area contributed by atoms with Gasteiger partial charge < -0.3 is 18.6 Å². The minimum absolute atomic E-state index is 0.417. The highest BCUT2D eigenvalue weighted by atomic mass is 32.2. The number of ether oxygens (including phenoxy) is 1. The smallest absolute Gasteiger partial charge is 0.498 e. The molecule has 1 aliphatic heterocycles. The van der Waals surface area contributed by atoms with E-state index in [1.165, 1.54) is 0 Å². The summed E-state index contributed by atoms with van der Waals surface area (Å²) in [6.45, 7) is 8.01. The molecule has 5 nitrogen and oxygen atoms in total. The molecule has 1 unspecified atom stereocenters. The molecule has 1 aliphatic rings. The van der Waals surface area contributed by atoms with Gasteiger partial charge in [0.15, 0.2) is 0 Å². The molecule has 1 saturated heterocycles. The maximum absolute atomic E-state index is 11.3. The van der Waals surface area contributed by atoms with Gasteiger partial charge in [0.05, 0.1) is 35.4 Å². The molecule has 21 heavy (non-hydrogen) atoms. The molecule has 1 heterocycles. The number of hydrogen-bond donors (Lipinski definition) is 1. The number of methoxy groups -OCH3 is 1. The molecule has 0 amide bonds. The van der Waals surface area contributed by atoms with Crippen molar-refractivity contribution in [2.45, 2.75) is 38.9 Å². The second-order valence-corrected chi connectivity index (χ2v) is 7.21. The monoisotopic (exact) mass is 311 g/mol. The summed E-state index contributed by atoms with van der Waals surface area (Å²) in [5, 5.41) is 0. The molecule has 0 aliphatic carbocycles. The van der Waals surface area contributed by atoms with Crippen molar-refractivity contribution in [2.75, 3.05) is 18.1 Å². The van der Waals surface area contributed by atoms with E-state index in [0.717, 1.165) is 11.2 Å². The molecule has 0 radical (unpaired) electrons. The largest absolute Gasteiger partial charge is 0.593 e. The lowest BCUT2D eigenvalue weighted by atomic mass is 9.78. The normalized spacial score (nSPS) is 21.2. The van der Waals surface area contributed by atoms with Gasteiger partial charge in [0.2, 0.25) is 0 Å². The van der Waals surface area contributed by atoms with Crippen molar-refractivity contribution < 1.29 is 18.6 Å². The average molecular weight is 311 g/mol. The Hall–Kier alpha value is -0.885. The van der Waals surface area contributed by atoms with Crippen LogP contribution >= 0.6 is 0 Å². The summed E-state index contributed by atoms with van der Waals surface area (Å²) in [4.78, 5) is 0. The lowest BCUT2D eigenvalue weighted by molar-refractivity contribution is 0.00578. The van der Waals surface area contributed by atoms with Crippen molar-refractivity contribution >= 4 is 29.6 Å². The van der Waals surface area contributed by atoms with Gasteiger partial charge in [-0.2, -0.15) is 0 Å². The first-order valence-electron chi connectivity index (χ1n) is 6.80. The van der Waals surface area contributed by atoms with Crippen molar-refractivity contribution in [3.05, 3.63) is 18.2 Å². The Labute approximate surface area is 129 Å². The highest BCUT2D eigenvalue weighted by molar-refractivity contribution is 7.92. The van der Waals surface area contributed by atoms with Crippen LogP contribution in [0.15, 0.2) is 18.2 Å². The van der Waals surface area contributed by atoms with Gasteiger partial charge >= 0.3 is 7.12 Å². The standard InChI is InChI=1S/C14H22BNO4S/c1-13(2)14(3,4)20-15(19-13)11-9-10(16-21(6)17)7-8-12(11)18-5/h7-9,16H,1-6H3. The number of anilines is 1. The second-order valence-electron chi connectivity index (χ2n) is 6.10. The van der Waals surface area contributed by atoms with E-state index in [-0.39, 0.29) is 0 Å². The van der Waals surface area contributed by atoms with Crippen LogP contribution in [0, 0.1) is 0 Å². The Bertz CT molecular complexity index is 506. The van der Waals surface area contributed by atoms with Gasteiger partial charge in [-0.05, 0) is 45.9 Å². The van der Waals surface area contributed by atoms with Crippen LogP contribution in [0.25, 0.3) is 0 Å². The summed E-state index contributed by atoms with van der Waals surface area (Å²) < 4.78 is 31.7. The van der Waals surface area contributed by atoms with E-state index in [9.17, 15) is 4.55 Å². The maximum atomic E-state index is 11.3. The first-order chi connectivity index (χ1) is 9.66. The lowest BCUT2D eigenvalue weighted by Crippen LogP contribution is -2.41. The van der Waals surface area contributed by atoms with Gasteiger partial charge in [-0.25, -0.2) is 4.72 Å². The molecular weight excluding hydrogens is 289 g/mol. The van der Waals surface area contributed by atoms with Crippen molar-refractivity contribution in [2.24, 2.45) is 0 Å². The van der Waals surface area contributed by atoms with Gasteiger partial charge in [0.1, 0.15) is 12.0 Å². The van der Waals surface area contributed by atoms with E-state index in [2.05, 4.69) is 4.72 Å². The molecule has 0 bridgehead atoms. The summed E-state index contributed by atoms with van der Waals surface area (Å²) in [7, 11) is 1.09. The summed E-state index contributed by atoms with van der Waals surface area (Å²) in [5.74, 6) is 0.681. The zero-order chi connectivity index (χ0) is 15.8. The van der Waals surface area contributed by atoms with Gasteiger partial charge in [-0.1, -0.05) is 0 Å². The van der Waals surface area contributed by atoms with Crippen molar-refractivity contribution in [1.29, 1.82) is 0 Å². The van der Waals surface area contributed by atoms with Crippen LogP contribution in [0.4, 0.5) is 5.69 Å². The zero-order valence-corrected chi connectivity index (χ0v) is 14.2. The SMILES string of the molecule is COc1ccc(N[S+](C)[O-])cc1B1OC(C)(C)C(C)(C)O1. The molecule has 0 saturated carbocycles. The zero-order valence-electron chi connectivity index (χ0n) is 13.4. The first-order valence-corrected chi connectivity index (χ1v) is 8.36. The molecule has 1 atom stereocenters. The van der Waals surface area contributed by atoms with Gasteiger partial charge in [-0.15, -0.1) is 0 Å². The third kappa shape index (κ3) is 3.31. The van der Waals surface area contributed by atoms with Crippen LogP contribution in [-0.4, -0.2) is 36.2 Å². The molecule has 116 valence electrons. The highest BCUT2D eigenvalue weighted by Gasteiger charge is 2.52. The fourth-order valence-electron chi connectivity index (χ4n) is 2.12. The number of rotatable bonds is 4. The van der Waals surface area contributed by atoms with Crippen LogP contribution in [0.1, 0.15) is 27.7 Å². The van der Waals surface area contributed by atoms with Gasteiger partial charge in [0, 0.05) is 5.46 Å². The van der Waals surface area contributed by atoms with E-state index in [1.807, 2.05) is 45.9 Å². The highest BCUT2D eigenvalue weighted by Crippen LogP contribution is 2.37. The Morgan fingerprint density at radius 3 is 2.24 bits per heavy atom. The molecular formula is C14H22BNO4S. The number of nitrogens with one attached hydrogen (secondary N) is 1. The second kappa shape index (κ2) is 5.72. The lowest BCUT2D eigenvalue weighted by Gasteiger charge is -2.32. The predicted octanol–water partition coefficient (Wildman–Crippen LogP) is 1.70. The minimum Gasteiger partial charge on any atom is -0.593 e. The van der Waals surface area contributed by atoms with Crippen LogP contribution in [0.5, 0.6) is 5.75 Å². The Morgan fingerprint density at radius 2 is 1.76 bits per heavy atom. The first kappa shape index (κ1) is 16.5. The minimum atomic E-state index is -1.14. The third-order valence-electron chi connectivity index (χ3n) is 4.00. The fourth-order valence-corrected chi connectivity index (χ4v) is 2.58. The maximum Gasteiger partial charge on any atom is 0.498 e. The molecule has 1 aromatic rings. The van der Waals surface area contributed by atoms with Crippen molar-refractivity contribution in [3.63, 3.8) is 0 Å². The van der Waals surface area contributed by atoms with Crippen molar-refractivity contribution in [3.8, 4) is 5.75 Å². The Morgan fingerprint density at radius 1 is 1.19 bits per heavy atom. The molecule has 1 fully saturated rings. The quantitative estimate of drug-likeness (QED) is 0.677. The molecule has 1 aromatic carbocycles. The molecule has 7 heteroatoms. The summed E-state index contributed by atoms with van der Waals surface area (Å²) in [6.07, 6.45) is 1.58. The van der Waals surface area contributed by atoms with Crippen LogP contribution < -0.4 is 14.9 Å². The molecule has 1 N–H and O–H groups in total. The van der Waals surface area contributed by atoms with E-state index in [4.69, 9.17) is 14.0 Å². The fraction of sp³-hybridized carbons (Fsp3) is 0.571. The predicted molar refractivity (Wildman–Crippen MR) is 86.4 cm³/mol. The Balaban J connectivity index is 2.34. The number of benzene rings is 1. The number of hydrogen-bond acceptors (Lipinski definition) is 5. The third-order valence-corrected chi connectivity index (χ3v) is 4.52. The van der Waals surface area contributed by atoms with Gasteiger partial charge in [0.25, 0.3) is 0 Å². The van der Waals surface area contributed by atoms with Crippen molar-refractivity contribution in [1.82, 2.24) is 0 Å². The Kier molecular flexibility index (Phi) is 4.49. The summed E-state index contributed by atoms with van der Waals surface area (Å²) >= 11 is -1.14. The average Bonchev–Trinajstić information content (AvgIpc) is 2.57. The molecule has 0 aromatic heterocycles. The van der Waals surface area contributed by atoms with E-state index >= 15 is 0 Å². The topological polar surface area (TPSA) is 62.8 Å². The van der Waals surface area contributed by atoms with Gasteiger partial charge in [-0.3, -0.25) is 0 Å². The summed E-state index contributed by atoms with van der Waals surface area (Å²) in [5.41, 5.74) is 0.687. The summed E-state index contributed by atoms with van der Waals surface area (Å²) in [6, 6.07) is 5.48. The van der Waals surface area contributed by atoms with E-state index in [0.29, 0.717) is 5.75 Å². The van der Waals surface area contributed by atoms with Crippen LogP contribution in [-0.2, 0) is 20.7 Å². The van der Waals surface area contributed by atoms with E-state index < -0.39 is 29.7 Å².